The van der Waals surface area contributed by atoms with Crippen LogP contribution in [0.2, 0.25) is 0 Å². The molecule has 3 nitrogen and oxygen atoms in total. The SMILES string of the molecule is CC(C)CN(CC(C)C)c1nc2c(s1)C(O)CC(C)(C)C2. The molecule has 1 atom stereocenters. The number of aliphatic hydroxyl groups excluding tert-OH is 1. The molecule has 0 bridgehead atoms. The van der Waals surface area contributed by atoms with Gasteiger partial charge in [0, 0.05) is 13.1 Å². The molecule has 0 spiro atoms. The molecule has 0 amide bonds. The van der Waals surface area contributed by atoms with Crippen molar-refractivity contribution in [3.8, 4) is 0 Å². The Morgan fingerprint density at radius 3 is 2.33 bits per heavy atom. The van der Waals surface area contributed by atoms with Crippen LogP contribution < -0.4 is 4.90 Å². The van der Waals surface area contributed by atoms with Gasteiger partial charge in [-0.15, -0.1) is 0 Å². The molecular weight excluding hydrogens is 280 g/mol. The first-order chi connectivity index (χ1) is 9.68. The van der Waals surface area contributed by atoms with Crippen LogP contribution in [-0.4, -0.2) is 23.2 Å². The normalized spacial score (nSPS) is 20.9. The van der Waals surface area contributed by atoms with Crippen molar-refractivity contribution < 1.29 is 5.11 Å². The lowest BCUT2D eigenvalue weighted by molar-refractivity contribution is 0.102. The van der Waals surface area contributed by atoms with Crippen LogP contribution in [0.3, 0.4) is 0 Å². The van der Waals surface area contributed by atoms with E-state index in [1.807, 2.05) is 0 Å². The van der Waals surface area contributed by atoms with E-state index >= 15 is 0 Å². The van der Waals surface area contributed by atoms with Gasteiger partial charge in [0.25, 0.3) is 0 Å². The number of anilines is 1. The molecule has 1 unspecified atom stereocenters. The van der Waals surface area contributed by atoms with Crippen molar-refractivity contribution in [3.05, 3.63) is 10.6 Å². The standard InChI is InChI=1S/C17H30N2OS/c1-11(2)9-19(10-12(3)4)16-18-13-7-17(5,6)8-14(20)15(13)21-16/h11-12,14,20H,7-10H2,1-6H3. The molecule has 2 rings (SSSR count). The molecule has 0 radical (unpaired) electrons. The molecule has 0 aromatic carbocycles. The average Bonchev–Trinajstić information content (AvgIpc) is 2.68. The summed E-state index contributed by atoms with van der Waals surface area (Å²) in [4.78, 5) is 8.39. The van der Waals surface area contributed by atoms with Gasteiger partial charge in [-0.25, -0.2) is 4.98 Å². The average molecular weight is 311 g/mol. The predicted octanol–water partition coefficient (Wildman–Crippen LogP) is 4.27. The van der Waals surface area contributed by atoms with Crippen molar-refractivity contribution in [1.29, 1.82) is 0 Å². The van der Waals surface area contributed by atoms with E-state index in [4.69, 9.17) is 4.98 Å². The maximum absolute atomic E-state index is 10.4. The third-order valence-corrected chi connectivity index (χ3v) is 5.11. The van der Waals surface area contributed by atoms with E-state index in [1.54, 1.807) is 11.3 Å². The van der Waals surface area contributed by atoms with Gasteiger partial charge in [0.1, 0.15) is 0 Å². The highest BCUT2D eigenvalue weighted by Gasteiger charge is 2.34. The zero-order chi connectivity index (χ0) is 15.8. The monoisotopic (exact) mass is 310 g/mol. The molecule has 1 aliphatic rings. The summed E-state index contributed by atoms with van der Waals surface area (Å²) in [5, 5.41) is 11.5. The summed E-state index contributed by atoms with van der Waals surface area (Å²) >= 11 is 1.70. The number of hydrogen-bond donors (Lipinski definition) is 1. The Hall–Kier alpha value is -0.610. The Labute approximate surface area is 133 Å². The lowest BCUT2D eigenvalue weighted by atomic mass is 9.77. The van der Waals surface area contributed by atoms with Gasteiger partial charge in [-0.3, -0.25) is 0 Å². The number of rotatable bonds is 5. The number of aliphatic hydroxyl groups is 1. The van der Waals surface area contributed by atoms with Crippen LogP contribution in [0.5, 0.6) is 0 Å². The van der Waals surface area contributed by atoms with Crippen LogP contribution in [0.4, 0.5) is 5.13 Å². The zero-order valence-corrected chi connectivity index (χ0v) is 15.1. The maximum atomic E-state index is 10.4. The number of thiazole rings is 1. The second-order valence-corrected chi connectivity index (χ2v) is 9.07. The van der Waals surface area contributed by atoms with E-state index in [2.05, 4.69) is 46.4 Å². The van der Waals surface area contributed by atoms with Crippen LogP contribution in [0, 0.1) is 17.3 Å². The lowest BCUT2D eigenvalue weighted by Crippen LogP contribution is -2.31. The maximum Gasteiger partial charge on any atom is 0.185 e. The van der Waals surface area contributed by atoms with Crippen molar-refractivity contribution in [1.82, 2.24) is 4.98 Å². The highest BCUT2D eigenvalue weighted by molar-refractivity contribution is 7.15. The molecule has 0 fully saturated rings. The van der Waals surface area contributed by atoms with Gasteiger partial charge in [-0.1, -0.05) is 52.9 Å². The van der Waals surface area contributed by atoms with E-state index in [0.29, 0.717) is 11.8 Å². The number of aromatic nitrogens is 1. The fraction of sp³-hybridized carbons (Fsp3) is 0.824. The minimum atomic E-state index is -0.338. The molecule has 4 heteroatoms. The second-order valence-electron chi connectivity index (χ2n) is 8.06. The topological polar surface area (TPSA) is 36.4 Å². The third-order valence-electron chi connectivity index (χ3n) is 3.85. The first-order valence-electron chi connectivity index (χ1n) is 8.10. The van der Waals surface area contributed by atoms with Crippen molar-refractivity contribution in [2.75, 3.05) is 18.0 Å². The van der Waals surface area contributed by atoms with Gasteiger partial charge in [0.05, 0.1) is 16.7 Å². The summed E-state index contributed by atoms with van der Waals surface area (Å²) in [6, 6.07) is 0. The molecule has 1 aliphatic carbocycles. The summed E-state index contributed by atoms with van der Waals surface area (Å²) in [7, 11) is 0. The molecular formula is C17H30N2OS. The molecule has 1 aromatic heterocycles. The van der Waals surface area contributed by atoms with Crippen molar-refractivity contribution in [2.24, 2.45) is 17.3 Å². The largest absolute Gasteiger partial charge is 0.387 e. The quantitative estimate of drug-likeness (QED) is 0.882. The summed E-state index contributed by atoms with van der Waals surface area (Å²) in [6.45, 7) is 15.5. The van der Waals surface area contributed by atoms with Crippen LogP contribution in [0.25, 0.3) is 0 Å². The summed E-state index contributed by atoms with van der Waals surface area (Å²) < 4.78 is 0. The number of fused-ring (bicyclic) bond motifs is 1. The van der Waals surface area contributed by atoms with Gasteiger partial charge in [-0.05, 0) is 30.1 Å². The van der Waals surface area contributed by atoms with Crippen molar-refractivity contribution in [2.45, 2.75) is 60.5 Å². The summed E-state index contributed by atoms with van der Waals surface area (Å²) in [6.07, 6.45) is 1.48. The van der Waals surface area contributed by atoms with Gasteiger partial charge in [-0.2, -0.15) is 0 Å². The molecule has 0 aliphatic heterocycles. The van der Waals surface area contributed by atoms with E-state index in [1.165, 1.54) is 0 Å². The van der Waals surface area contributed by atoms with E-state index in [-0.39, 0.29) is 11.5 Å². The summed E-state index contributed by atoms with van der Waals surface area (Å²) in [5.41, 5.74) is 1.27. The molecule has 1 aromatic rings. The van der Waals surface area contributed by atoms with Crippen molar-refractivity contribution >= 4 is 16.5 Å². The fourth-order valence-corrected chi connectivity index (χ4v) is 4.21. The highest BCUT2D eigenvalue weighted by atomic mass is 32.1. The van der Waals surface area contributed by atoms with E-state index in [9.17, 15) is 5.11 Å². The minimum absolute atomic E-state index is 0.151. The second kappa shape index (κ2) is 6.25. The van der Waals surface area contributed by atoms with Crippen LogP contribution in [0.15, 0.2) is 0 Å². The highest BCUT2D eigenvalue weighted by Crippen LogP contribution is 2.44. The van der Waals surface area contributed by atoms with Crippen LogP contribution >= 0.6 is 11.3 Å². The fourth-order valence-electron chi connectivity index (χ4n) is 3.13. The van der Waals surface area contributed by atoms with E-state index < -0.39 is 0 Å². The molecule has 0 saturated carbocycles. The predicted molar refractivity (Wildman–Crippen MR) is 91.1 cm³/mol. The van der Waals surface area contributed by atoms with E-state index in [0.717, 1.165) is 41.6 Å². The number of hydrogen-bond acceptors (Lipinski definition) is 4. The first-order valence-corrected chi connectivity index (χ1v) is 8.92. The Morgan fingerprint density at radius 2 is 1.81 bits per heavy atom. The molecule has 1 heterocycles. The summed E-state index contributed by atoms with van der Waals surface area (Å²) in [5.74, 6) is 1.23. The smallest absolute Gasteiger partial charge is 0.185 e. The van der Waals surface area contributed by atoms with Crippen LogP contribution in [0.1, 0.15) is 64.6 Å². The number of nitrogens with zero attached hydrogens (tertiary/aromatic N) is 2. The van der Waals surface area contributed by atoms with Crippen molar-refractivity contribution in [3.63, 3.8) is 0 Å². The molecule has 120 valence electrons. The van der Waals surface area contributed by atoms with Gasteiger partial charge in [0.2, 0.25) is 0 Å². The molecule has 1 N–H and O–H groups in total. The lowest BCUT2D eigenvalue weighted by Gasteiger charge is -2.31. The van der Waals surface area contributed by atoms with Gasteiger partial charge < -0.3 is 10.0 Å². The Balaban J connectivity index is 2.27. The Morgan fingerprint density at radius 1 is 1.24 bits per heavy atom. The first kappa shape index (κ1) is 16.8. The Kier molecular flexibility index (Phi) is 4.99. The van der Waals surface area contributed by atoms with Gasteiger partial charge in [0.15, 0.2) is 5.13 Å². The Bertz CT molecular complexity index is 469. The van der Waals surface area contributed by atoms with Gasteiger partial charge >= 0.3 is 0 Å². The zero-order valence-electron chi connectivity index (χ0n) is 14.3. The molecule has 0 saturated heterocycles. The molecule has 21 heavy (non-hydrogen) atoms. The van der Waals surface area contributed by atoms with Crippen LogP contribution in [-0.2, 0) is 6.42 Å². The minimum Gasteiger partial charge on any atom is -0.387 e. The third kappa shape index (κ3) is 4.19.